The molecule has 2 aromatic carbocycles. The molecule has 0 spiro atoms. The second kappa shape index (κ2) is 7.55. The van der Waals surface area contributed by atoms with E-state index in [9.17, 15) is 9.18 Å². The lowest BCUT2D eigenvalue weighted by molar-refractivity contribution is 0.0706. The highest BCUT2D eigenvalue weighted by molar-refractivity contribution is 7.59. The number of nitrogens with zero attached hydrogens (tertiary/aromatic N) is 1. The van der Waals surface area contributed by atoms with Gasteiger partial charge in [-0.25, -0.2) is 9.87 Å². The zero-order valence-electron chi connectivity index (χ0n) is 13.1. The van der Waals surface area contributed by atoms with Crippen molar-refractivity contribution in [2.75, 3.05) is 11.5 Å². The number of nitrogens with one attached hydrogen (secondary N) is 1. The Morgan fingerprint density at radius 2 is 2.00 bits per heavy atom. The lowest BCUT2D eigenvalue weighted by Crippen LogP contribution is -2.34. The molecule has 1 amide bonds. The van der Waals surface area contributed by atoms with Crippen molar-refractivity contribution in [2.45, 2.75) is 19.5 Å². The molecule has 2 aromatic rings. The summed E-state index contributed by atoms with van der Waals surface area (Å²) in [6, 6.07) is 11.5. The SMILES string of the molecule is C[C@H]1COc2cc(C(=O)NO)ccc2CN1c1ccc(F)cc1.S. The molecule has 1 atom stereocenters. The number of amides is 1. The fourth-order valence-corrected chi connectivity index (χ4v) is 2.64. The summed E-state index contributed by atoms with van der Waals surface area (Å²) in [6.45, 7) is 3.05. The zero-order chi connectivity index (χ0) is 16.4. The van der Waals surface area contributed by atoms with Crippen molar-refractivity contribution in [3.05, 3.63) is 59.4 Å². The van der Waals surface area contributed by atoms with E-state index in [1.54, 1.807) is 35.8 Å². The molecule has 5 nitrogen and oxygen atoms in total. The summed E-state index contributed by atoms with van der Waals surface area (Å²) in [7, 11) is 0. The zero-order valence-corrected chi connectivity index (χ0v) is 14.1. The van der Waals surface area contributed by atoms with Gasteiger partial charge in [-0.3, -0.25) is 10.0 Å². The van der Waals surface area contributed by atoms with E-state index in [4.69, 9.17) is 9.94 Å². The van der Waals surface area contributed by atoms with Gasteiger partial charge in [0.15, 0.2) is 0 Å². The Kier molecular flexibility index (Phi) is 5.69. The second-order valence-electron chi connectivity index (χ2n) is 5.53. The molecule has 0 aromatic heterocycles. The van der Waals surface area contributed by atoms with Crippen molar-refractivity contribution in [3.63, 3.8) is 0 Å². The first-order valence-electron chi connectivity index (χ1n) is 7.31. The number of hydrogen-bond acceptors (Lipinski definition) is 4. The molecule has 1 aliphatic rings. The van der Waals surface area contributed by atoms with Crippen LogP contribution in [0.2, 0.25) is 0 Å². The molecule has 128 valence electrons. The average molecular weight is 350 g/mol. The molecule has 1 aliphatic heterocycles. The number of anilines is 1. The summed E-state index contributed by atoms with van der Waals surface area (Å²) < 4.78 is 18.9. The molecule has 0 radical (unpaired) electrons. The average Bonchev–Trinajstić information content (AvgIpc) is 2.74. The van der Waals surface area contributed by atoms with Crippen LogP contribution in [0.25, 0.3) is 0 Å². The maximum absolute atomic E-state index is 13.1. The number of halogens is 1. The summed E-state index contributed by atoms with van der Waals surface area (Å²) >= 11 is 0. The number of ether oxygens (including phenoxy) is 1. The first-order valence-corrected chi connectivity index (χ1v) is 7.31. The summed E-state index contributed by atoms with van der Waals surface area (Å²) in [5.74, 6) is -0.237. The first kappa shape index (κ1) is 18.1. The van der Waals surface area contributed by atoms with E-state index < -0.39 is 5.91 Å². The van der Waals surface area contributed by atoms with Gasteiger partial charge in [0.25, 0.3) is 5.91 Å². The van der Waals surface area contributed by atoms with Gasteiger partial charge in [0.05, 0.1) is 6.04 Å². The Morgan fingerprint density at radius 3 is 2.67 bits per heavy atom. The number of carbonyl (C=O) groups is 1. The molecule has 0 saturated heterocycles. The van der Waals surface area contributed by atoms with Crippen LogP contribution in [-0.4, -0.2) is 23.8 Å². The number of hydrogen-bond donors (Lipinski definition) is 2. The summed E-state index contributed by atoms with van der Waals surface area (Å²) in [5, 5.41) is 8.72. The number of hydroxylamine groups is 1. The fraction of sp³-hybridized carbons (Fsp3) is 0.235. The van der Waals surface area contributed by atoms with Gasteiger partial charge in [-0.2, -0.15) is 13.5 Å². The van der Waals surface area contributed by atoms with Crippen molar-refractivity contribution >= 4 is 25.1 Å². The minimum absolute atomic E-state index is 0. The lowest BCUT2D eigenvalue weighted by Gasteiger charge is -2.28. The van der Waals surface area contributed by atoms with Gasteiger partial charge in [-0.15, -0.1) is 0 Å². The minimum Gasteiger partial charge on any atom is -0.491 e. The predicted molar refractivity (Wildman–Crippen MR) is 93.6 cm³/mol. The molecule has 0 unspecified atom stereocenters. The molecule has 0 aliphatic carbocycles. The van der Waals surface area contributed by atoms with Crippen molar-refractivity contribution in [1.29, 1.82) is 0 Å². The molecule has 1 heterocycles. The van der Waals surface area contributed by atoms with Crippen LogP contribution in [0.4, 0.5) is 10.1 Å². The molecule has 0 bridgehead atoms. The molecule has 0 fully saturated rings. The van der Waals surface area contributed by atoms with Crippen LogP contribution in [0.1, 0.15) is 22.8 Å². The lowest BCUT2D eigenvalue weighted by atomic mass is 10.1. The number of fused-ring (bicyclic) bond motifs is 1. The van der Waals surface area contributed by atoms with Crippen molar-refractivity contribution in [1.82, 2.24) is 5.48 Å². The second-order valence-corrected chi connectivity index (χ2v) is 5.53. The molecule has 24 heavy (non-hydrogen) atoms. The van der Waals surface area contributed by atoms with E-state index in [1.807, 2.05) is 6.92 Å². The van der Waals surface area contributed by atoms with E-state index >= 15 is 0 Å². The molecular weight excluding hydrogens is 331 g/mol. The third-order valence-electron chi connectivity index (χ3n) is 3.94. The summed E-state index contributed by atoms with van der Waals surface area (Å²) in [6.07, 6.45) is 0. The first-order chi connectivity index (χ1) is 11.1. The van der Waals surface area contributed by atoms with Crippen molar-refractivity contribution in [3.8, 4) is 5.75 Å². The van der Waals surface area contributed by atoms with Crippen LogP contribution in [0.5, 0.6) is 5.75 Å². The van der Waals surface area contributed by atoms with Crippen LogP contribution in [0.3, 0.4) is 0 Å². The minimum atomic E-state index is -0.580. The van der Waals surface area contributed by atoms with Gasteiger partial charge in [0.2, 0.25) is 0 Å². The standard InChI is InChI=1S/C17H17FN2O3.H2S/c1-11-10-23-16-8-12(17(21)19-22)2-3-13(16)9-20(11)15-6-4-14(18)5-7-15;/h2-8,11,22H,9-10H2,1H3,(H,19,21);1H2/t11-;/m0./s1. The van der Waals surface area contributed by atoms with Crippen LogP contribution < -0.4 is 15.1 Å². The van der Waals surface area contributed by atoms with Gasteiger partial charge in [-0.1, -0.05) is 6.07 Å². The van der Waals surface area contributed by atoms with Gasteiger partial charge >= 0.3 is 0 Å². The van der Waals surface area contributed by atoms with Gasteiger partial charge < -0.3 is 9.64 Å². The molecule has 2 N–H and O–H groups in total. The highest BCUT2D eigenvalue weighted by Crippen LogP contribution is 2.29. The van der Waals surface area contributed by atoms with E-state index in [1.165, 1.54) is 12.1 Å². The number of carbonyl (C=O) groups excluding carboxylic acids is 1. The third kappa shape index (κ3) is 3.63. The highest BCUT2D eigenvalue weighted by atomic mass is 32.1. The van der Waals surface area contributed by atoms with Gasteiger partial charge in [0.1, 0.15) is 18.2 Å². The van der Waals surface area contributed by atoms with Crippen LogP contribution in [-0.2, 0) is 6.54 Å². The van der Waals surface area contributed by atoms with Gasteiger partial charge in [-0.05, 0) is 43.3 Å². The molecule has 7 heteroatoms. The monoisotopic (exact) mass is 350 g/mol. The molecule has 3 rings (SSSR count). The number of rotatable bonds is 2. The van der Waals surface area contributed by atoms with Gasteiger partial charge in [0, 0.05) is 23.4 Å². The van der Waals surface area contributed by atoms with E-state index in [0.717, 1.165) is 11.3 Å². The summed E-state index contributed by atoms with van der Waals surface area (Å²) in [5.41, 5.74) is 3.77. The molecule has 0 saturated carbocycles. The van der Waals surface area contributed by atoms with E-state index in [2.05, 4.69) is 4.90 Å². The topological polar surface area (TPSA) is 61.8 Å². The Labute approximate surface area is 146 Å². The Bertz CT molecular complexity index is 724. The maximum atomic E-state index is 13.1. The summed E-state index contributed by atoms with van der Waals surface area (Å²) in [4.78, 5) is 13.6. The van der Waals surface area contributed by atoms with Crippen LogP contribution in [0.15, 0.2) is 42.5 Å². The van der Waals surface area contributed by atoms with Crippen molar-refractivity contribution < 1.29 is 19.1 Å². The number of benzene rings is 2. The van der Waals surface area contributed by atoms with E-state index in [-0.39, 0.29) is 25.4 Å². The maximum Gasteiger partial charge on any atom is 0.274 e. The quantitative estimate of drug-likeness (QED) is 0.646. The normalized spacial score (nSPS) is 16.3. The van der Waals surface area contributed by atoms with Crippen molar-refractivity contribution in [2.24, 2.45) is 0 Å². The van der Waals surface area contributed by atoms with E-state index in [0.29, 0.717) is 24.5 Å². The molecular formula is C17H19FN2O3S. The van der Waals surface area contributed by atoms with Crippen LogP contribution in [0, 0.1) is 5.82 Å². The largest absolute Gasteiger partial charge is 0.491 e. The predicted octanol–water partition coefficient (Wildman–Crippen LogP) is 2.85. The van der Waals surface area contributed by atoms with Crippen LogP contribution >= 0.6 is 13.5 Å². The Morgan fingerprint density at radius 1 is 1.29 bits per heavy atom. The smallest absolute Gasteiger partial charge is 0.274 e. The highest BCUT2D eigenvalue weighted by Gasteiger charge is 2.22. The Hall–Kier alpha value is -2.25. The third-order valence-corrected chi connectivity index (χ3v) is 3.94. The fourth-order valence-electron chi connectivity index (χ4n) is 2.64. The Balaban J connectivity index is 0.00000208.